The molecule has 0 radical (unpaired) electrons. The second-order valence-corrected chi connectivity index (χ2v) is 30.3. The lowest BCUT2D eigenvalue weighted by Gasteiger charge is -2.35. The molecule has 0 saturated carbocycles. The van der Waals surface area contributed by atoms with Crippen molar-refractivity contribution < 1.29 is 48.0 Å². The van der Waals surface area contributed by atoms with Gasteiger partial charge in [0.1, 0.15) is 34.0 Å². The van der Waals surface area contributed by atoms with Crippen molar-refractivity contribution in [3.63, 3.8) is 0 Å². The summed E-state index contributed by atoms with van der Waals surface area (Å²) in [6.07, 6.45) is 3.94. The minimum absolute atomic E-state index is 0. The van der Waals surface area contributed by atoms with E-state index < -0.39 is 49.6 Å². The molecule has 16 nitrogen and oxygen atoms in total. The molecule has 0 aromatic heterocycles. The zero-order chi connectivity index (χ0) is 58.6. The lowest BCUT2D eigenvalue weighted by Crippen LogP contribution is -2.58. The highest BCUT2D eigenvalue weighted by Crippen LogP contribution is 2.30. The van der Waals surface area contributed by atoms with Crippen molar-refractivity contribution in [3.8, 4) is 0 Å². The number of nitro benzene ring substituents is 2. The summed E-state index contributed by atoms with van der Waals surface area (Å²) in [5.41, 5.74) is -0.170. The highest BCUT2D eigenvalue weighted by Gasteiger charge is 2.41. The Morgan fingerprint density at radius 1 is 0.593 bits per heavy atom. The molecule has 8 rings (SSSR count). The van der Waals surface area contributed by atoms with Gasteiger partial charge >= 0.3 is 24.0 Å². The minimum atomic E-state index is -2.42. The third-order valence-corrected chi connectivity index (χ3v) is 23.7. The fraction of sp³-hybridized carbons (Fsp3) is 0.375. The van der Waals surface area contributed by atoms with Gasteiger partial charge in [0.2, 0.25) is 0 Å². The summed E-state index contributed by atoms with van der Waals surface area (Å²) in [7, 11) is -4.64. The third kappa shape index (κ3) is 23.0. The topological polar surface area (TPSA) is 207 Å². The molecule has 6 aromatic rings. The number of hydrogen-bond acceptors (Lipinski definition) is 13. The number of ether oxygens (including phenoxy) is 4. The highest BCUT2D eigenvalue weighted by atomic mass is 32.1. The molecule has 1 amide bonds. The van der Waals surface area contributed by atoms with E-state index in [0.717, 1.165) is 44.7 Å². The molecule has 2 aliphatic rings. The molecule has 86 heavy (non-hydrogen) atoms. The number of rotatable bonds is 19. The Bertz CT molecular complexity index is 2930. The predicted octanol–water partition coefficient (Wildman–Crippen LogP) is 11.6. The van der Waals surface area contributed by atoms with Crippen LogP contribution >= 0.6 is 54.0 Å². The number of esters is 3. The number of amides is 1. The molecule has 0 unspecified atom stereocenters. The van der Waals surface area contributed by atoms with Crippen molar-refractivity contribution in [1.82, 2.24) is 10.2 Å². The maximum Gasteiger partial charge on any atom is 0.410 e. The van der Waals surface area contributed by atoms with Crippen LogP contribution in [0.1, 0.15) is 101 Å². The number of benzene rings is 6. The van der Waals surface area contributed by atoms with Crippen LogP contribution in [0.2, 0.25) is 25.2 Å². The average Bonchev–Trinajstić information content (AvgIpc) is 4.31. The van der Waals surface area contributed by atoms with Crippen molar-refractivity contribution in [2.45, 2.75) is 136 Å². The first kappa shape index (κ1) is 77.6. The molecule has 1 N–H and O–H groups in total. The van der Waals surface area contributed by atoms with Crippen LogP contribution in [0, 0.1) is 20.2 Å². The average molecular weight is 1290 g/mol. The molecule has 4 atom stereocenters. The van der Waals surface area contributed by atoms with E-state index in [-0.39, 0.29) is 103 Å². The van der Waals surface area contributed by atoms with E-state index >= 15 is 0 Å². The van der Waals surface area contributed by atoms with Crippen LogP contribution in [-0.4, -0.2) is 104 Å². The molecular formula is C64H88N4O12S4Si2. The first-order valence-corrected chi connectivity index (χ1v) is 33.1. The van der Waals surface area contributed by atoms with Gasteiger partial charge in [0.15, 0.2) is 0 Å². The molecule has 468 valence electrons. The maximum absolute atomic E-state index is 13.4. The highest BCUT2D eigenvalue weighted by molar-refractivity contribution is 7.59. The Labute approximate surface area is 537 Å². The van der Waals surface area contributed by atoms with Gasteiger partial charge in [-0.15, -0.1) is 0 Å². The number of nitro groups is 2. The zero-order valence-electron chi connectivity index (χ0n) is 49.5. The fourth-order valence-electron chi connectivity index (χ4n) is 10.6. The summed E-state index contributed by atoms with van der Waals surface area (Å²) in [5.74, 6) is -1.18. The molecule has 2 aliphatic heterocycles. The number of carbonyl (C=O) groups excluding carboxylic acids is 4. The van der Waals surface area contributed by atoms with Gasteiger partial charge in [-0.25, -0.2) is 14.4 Å². The number of non-ortho nitro benzene ring substituents is 2. The Morgan fingerprint density at radius 2 is 0.965 bits per heavy atom. The predicted molar refractivity (Wildman–Crippen MR) is 369 cm³/mol. The molecule has 2 saturated heterocycles. The molecule has 6 aromatic carbocycles. The standard InChI is InChI=1S/C32H38N2O6Si.C27H30N2O4Si.C4H8O2.CH4.4H2S/c1-32(2,3)40-31(36)33-21-11-12-26(33)22-27(39-30(35)24-17-19-25(20-18-24)34(37)38)23-41(4,28-13-7-5-8-14-28)29-15-9-6-10-16-29;1-34(25-10-4-2-5-11-25,26-12-6-3-7-13-26)20-24(19-22-9-8-18-28-22)33-27(30)21-14-16-23(17-15-21)29(31)32;1-3-6-4(2)5;;;;;/h5-10,13-20,26-27H,11-12,21-23H2,1-4H3;2-7,10-17,22,24,28H,8-9,18-20H2,1H3;3H2,1-2H3;1H4;4*1H2/t26-,27-;22-,24-;;;;;;/m00....../s1. The van der Waals surface area contributed by atoms with Gasteiger partial charge in [-0.2, -0.15) is 54.0 Å². The molecule has 2 heterocycles. The van der Waals surface area contributed by atoms with E-state index in [1.807, 2.05) is 69.3 Å². The number of hydrogen-bond donors (Lipinski definition) is 1. The van der Waals surface area contributed by atoms with Crippen LogP contribution in [-0.2, 0) is 23.7 Å². The fourth-order valence-corrected chi connectivity index (χ4v) is 18.2. The van der Waals surface area contributed by atoms with Crippen LogP contribution in [0.15, 0.2) is 170 Å². The number of nitrogens with zero attached hydrogens (tertiary/aromatic N) is 3. The van der Waals surface area contributed by atoms with Gasteiger partial charge in [-0.3, -0.25) is 25.0 Å². The van der Waals surface area contributed by atoms with Crippen molar-refractivity contribution in [2.75, 3.05) is 19.7 Å². The van der Waals surface area contributed by atoms with E-state index in [1.54, 1.807) is 11.8 Å². The van der Waals surface area contributed by atoms with Crippen LogP contribution in [0.4, 0.5) is 16.2 Å². The van der Waals surface area contributed by atoms with Crippen LogP contribution in [0.5, 0.6) is 0 Å². The maximum atomic E-state index is 13.4. The number of likely N-dealkylation sites (tertiary alicyclic amines) is 1. The van der Waals surface area contributed by atoms with E-state index in [4.69, 9.17) is 14.2 Å². The zero-order valence-corrected chi connectivity index (χ0v) is 55.5. The Balaban J connectivity index is 0.000000753. The van der Waals surface area contributed by atoms with Crippen molar-refractivity contribution in [2.24, 2.45) is 0 Å². The van der Waals surface area contributed by atoms with E-state index in [9.17, 15) is 39.4 Å². The van der Waals surface area contributed by atoms with Gasteiger partial charge in [-0.05, 0) is 103 Å². The normalized spacial score (nSPS) is 14.8. The van der Waals surface area contributed by atoms with E-state index in [0.29, 0.717) is 37.2 Å². The van der Waals surface area contributed by atoms with Crippen LogP contribution < -0.4 is 26.1 Å². The van der Waals surface area contributed by atoms with Crippen molar-refractivity contribution in [3.05, 3.63) is 201 Å². The second-order valence-electron chi connectivity index (χ2n) is 21.9. The van der Waals surface area contributed by atoms with Gasteiger partial charge in [0.25, 0.3) is 11.4 Å². The summed E-state index contributed by atoms with van der Waals surface area (Å²) >= 11 is 0. The number of carbonyl (C=O) groups is 4. The van der Waals surface area contributed by atoms with E-state index in [1.165, 1.54) is 76.2 Å². The number of nitrogens with one attached hydrogen (secondary N) is 1. The summed E-state index contributed by atoms with van der Waals surface area (Å²) in [6, 6.07) is 54.3. The molecule has 2 fully saturated rings. The lowest BCUT2D eigenvalue weighted by molar-refractivity contribution is -0.385. The Hall–Kier alpha value is -6.41. The summed E-state index contributed by atoms with van der Waals surface area (Å²) in [4.78, 5) is 72.2. The van der Waals surface area contributed by atoms with Crippen LogP contribution in [0.25, 0.3) is 0 Å². The summed E-state index contributed by atoms with van der Waals surface area (Å²) < 4.78 is 22.4. The SMILES string of the molecule is C.CC(C)(C)OC(=O)N1CCC[C@H]1C[C@@H](C[Si](C)(c1ccccc1)c1ccccc1)OC(=O)c1ccc([N+](=O)[O-])cc1.CCOC(C)=O.C[Si](C[C@H](C[C@@H]1CCCN1)OC(=O)c1ccc([N+](=O)[O-])cc1)(c1ccccc1)c1ccccc1.S.S.S.S. The first-order valence-electron chi connectivity index (χ1n) is 27.7. The van der Waals surface area contributed by atoms with Gasteiger partial charge in [0, 0.05) is 56.2 Å². The third-order valence-electron chi connectivity index (χ3n) is 14.7. The molecular weight excluding hydrogens is 1200 g/mol. The van der Waals surface area contributed by atoms with Crippen molar-refractivity contribution >= 4 is 126 Å². The quantitative estimate of drug-likeness (QED) is 0.0264. The monoisotopic (exact) mass is 1290 g/mol. The van der Waals surface area contributed by atoms with Gasteiger partial charge < -0.3 is 29.2 Å². The van der Waals surface area contributed by atoms with Gasteiger partial charge in [0.05, 0.1) is 27.6 Å². The molecule has 0 bridgehead atoms. The van der Waals surface area contributed by atoms with Crippen LogP contribution in [0.3, 0.4) is 0 Å². The summed E-state index contributed by atoms with van der Waals surface area (Å²) in [6.45, 7) is 15.4. The second kappa shape index (κ2) is 37.3. The minimum Gasteiger partial charge on any atom is -0.466 e. The molecule has 0 aliphatic carbocycles. The van der Waals surface area contributed by atoms with E-state index in [2.05, 4.69) is 95.9 Å². The molecule has 22 heteroatoms. The largest absolute Gasteiger partial charge is 0.466 e. The summed E-state index contributed by atoms with van der Waals surface area (Å²) in [5, 5.41) is 30.7. The van der Waals surface area contributed by atoms with Gasteiger partial charge in [-0.1, -0.05) is 163 Å². The van der Waals surface area contributed by atoms with Crippen molar-refractivity contribution in [1.29, 1.82) is 0 Å². The first-order chi connectivity index (χ1) is 38.7. The molecule has 0 spiro atoms. The smallest absolute Gasteiger partial charge is 0.410 e. The Morgan fingerprint density at radius 3 is 1.27 bits per heavy atom. The lowest BCUT2D eigenvalue weighted by atomic mass is 10.1. The Kier molecular flexibility index (Phi) is 33.7.